The van der Waals surface area contributed by atoms with Crippen LogP contribution in [0.1, 0.15) is 5.56 Å². The number of anilines is 3. The minimum absolute atomic E-state index is 0.108. The minimum atomic E-state index is -0.473. The monoisotopic (exact) mass is 326 g/mol. The Balaban J connectivity index is 1.74. The average Bonchev–Trinajstić information content (AvgIpc) is 2.62. The lowest BCUT2D eigenvalue weighted by molar-refractivity contribution is 0.614. The highest BCUT2D eigenvalue weighted by atomic mass is 19.1. The Kier molecular flexibility index (Phi) is 4.47. The summed E-state index contributed by atoms with van der Waals surface area (Å²) in [4.78, 5) is 15.0. The molecule has 0 radical (unpaired) electrons. The zero-order valence-corrected chi connectivity index (χ0v) is 13.8. The second kappa shape index (κ2) is 6.71. The number of nitriles is 1. The molecule has 3 rings (SSSR count). The van der Waals surface area contributed by atoms with E-state index in [9.17, 15) is 9.65 Å². The first-order valence-corrected chi connectivity index (χ1v) is 7.79. The summed E-state index contributed by atoms with van der Waals surface area (Å²) in [7, 11) is 3.88. The third kappa shape index (κ3) is 3.08. The summed E-state index contributed by atoms with van der Waals surface area (Å²) in [6.07, 6.45) is 1.75. The predicted octanol–water partition coefficient (Wildman–Crippen LogP) is 1.88. The van der Waals surface area contributed by atoms with E-state index in [2.05, 4.69) is 14.9 Å². The molecule has 0 unspecified atom stereocenters. The number of piperazine rings is 1. The third-order valence-corrected chi connectivity index (χ3v) is 4.09. The molecular formula is C17H19FN6. The van der Waals surface area contributed by atoms with E-state index in [-0.39, 0.29) is 5.56 Å². The van der Waals surface area contributed by atoms with Crippen molar-refractivity contribution in [2.24, 2.45) is 0 Å². The molecule has 24 heavy (non-hydrogen) atoms. The van der Waals surface area contributed by atoms with Gasteiger partial charge in [0.25, 0.3) is 0 Å². The molecule has 0 saturated carbocycles. The molecule has 1 saturated heterocycles. The number of hydrogen-bond donors (Lipinski definition) is 0. The highest BCUT2D eigenvalue weighted by molar-refractivity contribution is 5.60. The van der Waals surface area contributed by atoms with Gasteiger partial charge in [-0.3, -0.25) is 0 Å². The molecule has 0 amide bonds. The molecule has 0 N–H and O–H groups in total. The van der Waals surface area contributed by atoms with Crippen LogP contribution >= 0.6 is 0 Å². The zero-order chi connectivity index (χ0) is 17.1. The highest BCUT2D eigenvalue weighted by Crippen LogP contribution is 2.24. The van der Waals surface area contributed by atoms with Gasteiger partial charge >= 0.3 is 0 Å². The summed E-state index contributed by atoms with van der Waals surface area (Å²) in [5.41, 5.74) is 0.761. The van der Waals surface area contributed by atoms with Crippen molar-refractivity contribution in [3.63, 3.8) is 0 Å². The van der Waals surface area contributed by atoms with Crippen molar-refractivity contribution in [3.05, 3.63) is 41.8 Å². The first-order chi connectivity index (χ1) is 11.6. The van der Waals surface area contributed by atoms with Gasteiger partial charge in [-0.25, -0.2) is 9.37 Å². The minimum Gasteiger partial charge on any atom is -0.367 e. The fourth-order valence-corrected chi connectivity index (χ4v) is 2.77. The summed E-state index contributed by atoms with van der Waals surface area (Å²) in [5.74, 6) is 1.08. The molecule has 1 aromatic heterocycles. The Labute approximate surface area is 140 Å². The number of nitrogens with zero attached hydrogens (tertiary/aromatic N) is 6. The van der Waals surface area contributed by atoms with Crippen molar-refractivity contribution >= 4 is 17.5 Å². The molecule has 1 aliphatic rings. The SMILES string of the molecule is CN(C)c1ccnc(N2CCN(c3cccc(F)c3C#N)CC2)n1. The molecule has 1 aliphatic heterocycles. The summed E-state index contributed by atoms with van der Waals surface area (Å²) < 4.78 is 13.8. The van der Waals surface area contributed by atoms with Gasteiger partial charge in [-0.1, -0.05) is 6.07 Å². The number of rotatable bonds is 3. The number of halogens is 1. The molecule has 6 nitrogen and oxygen atoms in total. The van der Waals surface area contributed by atoms with Crippen LogP contribution in [0.4, 0.5) is 21.8 Å². The van der Waals surface area contributed by atoms with E-state index in [1.54, 1.807) is 18.3 Å². The largest absolute Gasteiger partial charge is 0.367 e. The van der Waals surface area contributed by atoms with Gasteiger partial charge in [0.05, 0.1) is 5.69 Å². The number of benzene rings is 1. The molecule has 2 aromatic rings. The van der Waals surface area contributed by atoms with Crippen LogP contribution in [-0.2, 0) is 0 Å². The fraction of sp³-hybridized carbons (Fsp3) is 0.353. The Morgan fingerprint density at radius 2 is 1.83 bits per heavy atom. The van der Waals surface area contributed by atoms with Crippen molar-refractivity contribution in [2.75, 3.05) is 55.0 Å². The maximum atomic E-state index is 13.8. The van der Waals surface area contributed by atoms with E-state index in [0.717, 1.165) is 18.9 Å². The van der Waals surface area contributed by atoms with Gasteiger partial charge in [-0.05, 0) is 18.2 Å². The normalized spacial score (nSPS) is 14.4. The van der Waals surface area contributed by atoms with E-state index in [0.29, 0.717) is 24.7 Å². The molecule has 0 aliphatic carbocycles. The fourth-order valence-electron chi connectivity index (χ4n) is 2.77. The molecule has 0 atom stereocenters. The van der Waals surface area contributed by atoms with Crippen LogP contribution in [0, 0.1) is 17.1 Å². The standard InChI is InChI=1S/C17H19FN6/c1-22(2)16-6-7-20-17(21-16)24-10-8-23(9-11-24)15-5-3-4-14(18)13(15)12-19/h3-7H,8-11H2,1-2H3. The van der Waals surface area contributed by atoms with Gasteiger partial charge in [-0.2, -0.15) is 10.2 Å². The van der Waals surface area contributed by atoms with E-state index >= 15 is 0 Å². The summed E-state index contributed by atoms with van der Waals surface area (Å²) in [6.45, 7) is 2.82. The van der Waals surface area contributed by atoms with Gasteiger partial charge in [-0.15, -0.1) is 0 Å². The smallest absolute Gasteiger partial charge is 0.227 e. The van der Waals surface area contributed by atoms with Crippen LogP contribution in [0.25, 0.3) is 0 Å². The van der Waals surface area contributed by atoms with Crippen molar-refractivity contribution in [3.8, 4) is 6.07 Å². The summed E-state index contributed by atoms with van der Waals surface area (Å²) in [6, 6.07) is 8.58. The third-order valence-electron chi connectivity index (χ3n) is 4.09. The van der Waals surface area contributed by atoms with Crippen LogP contribution < -0.4 is 14.7 Å². The second-order valence-corrected chi connectivity index (χ2v) is 5.83. The predicted molar refractivity (Wildman–Crippen MR) is 91.9 cm³/mol. The quantitative estimate of drug-likeness (QED) is 0.858. The lowest BCUT2D eigenvalue weighted by Crippen LogP contribution is -2.47. The van der Waals surface area contributed by atoms with E-state index in [4.69, 9.17) is 0 Å². The van der Waals surface area contributed by atoms with Crippen LogP contribution in [-0.4, -0.2) is 50.2 Å². The molecule has 124 valence electrons. The summed E-state index contributed by atoms with van der Waals surface area (Å²) >= 11 is 0. The van der Waals surface area contributed by atoms with E-state index in [1.807, 2.05) is 36.0 Å². The molecule has 0 bridgehead atoms. The van der Waals surface area contributed by atoms with E-state index < -0.39 is 5.82 Å². The summed E-state index contributed by atoms with van der Waals surface area (Å²) in [5, 5.41) is 9.19. The molecule has 1 fully saturated rings. The van der Waals surface area contributed by atoms with Crippen molar-refractivity contribution < 1.29 is 4.39 Å². The van der Waals surface area contributed by atoms with Crippen molar-refractivity contribution in [1.82, 2.24) is 9.97 Å². The van der Waals surface area contributed by atoms with E-state index in [1.165, 1.54) is 6.07 Å². The molecule has 1 aromatic carbocycles. The van der Waals surface area contributed by atoms with Crippen LogP contribution in [0.5, 0.6) is 0 Å². The molecule has 0 spiro atoms. The highest BCUT2D eigenvalue weighted by Gasteiger charge is 2.22. The Morgan fingerprint density at radius 3 is 2.50 bits per heavy atom. The Bertz CT molecular complexity index is 762. The lowest BCUT2D eigenvalue weighted by Gasteiger charge is -2.36. The van der Waals surface area contributed by atoms with Crippen molar-refractivity contribution in [2.45, 2.75) is 0 Å². The number of hydrogen-bond acceptors (Lipinski definition) is 6. The Hall–Kier alpha value is -2.88. The maximum Gasteiger partial charge on any atom is 0.227 e. The molecule has 7 heteroatoms. The topological polar surface area (TPSA) is 59.3 Å². The molecule has 2 heterocycles. The van der Waals surface area contributed by atoms with Crippen LogP contribution in [0.2, 0.25) is 0 Å². The van der Waals surface area contributed by atoms with Gasteiger partial charge in [0.2, 0.25) is 5.95 Å². The van der Waals surface area contributed by atoms with Gasteiger partial charge in [0.1, 0.15) is 23.3 Å². The van der Waals surface area contributed by atoms with Gasteiger partial charge in [0, 0.05) is 46.5 Å². The maximum absolute atomic E-state index is 13.8. The second-order valence-electron chi connectivity index (χ2n) is 5.83. The molecular weight excluding hydrogens is 307 g/mol. The van der Waals surface area contributed by atoms with Crippen molar-refractivity contribution in [1.29, 1.82) is 5.26 Å². The van der Waals surface area contributed by atoms with Gasteiger partial charge in [0.15, 0.2) is 0 Å². The zero-order valence-electron chi connectivity index (χ0n) is 13.8. The average molecular weight is 326 g/mol. The first kappa shape index (κ1) is 16.0. The van der Waals surface area contributed by atoms with Gasteiger partial charge < -0.3 is 14.7 Å². The lowest BCUT2D eigenvalue weighted by atomic mass is 10.1. The van der Waals surface area contributed by atoms with Crippen LogP contribution in [0.15, 0.2) is 30.5 Å². The number of aromatic nitrogens is 2. The Morgan fingerprint density at radius 1 is 1.12 bits per heavy atom. The first-order valence-electron chi connectivity index (χ1n) is 7.79. The van der Waals surface area contributed by atoms with Crippen LogP contribution in [0.3, 0.4) is 0 Å².